The molecule has 0 bridgehead atoms. The van der Waals surface area contributed by atoms with E-state index in [-0.39, 0.29) is 17.5 Å². The zero-order valence-electron chi connectivity index (χ0n) is 19.0. The minimum Gasteiger partial charge on any atom is -0.321 e. The number of carbonyl (C=O) groups excluding carboxylic acids is 2. The molecule has 28 heavy (non-hydrogen) atoms. The molecule has 2 aromatic heterocycles. The van der Waals surface area contributed by atoms with Crippen LogP contribution >= 0.6 is 0 Å². The summed E-state index contributed by atoms with van der Waals surface area (Å²) in [6, 6.07) is 3.80. The monoisotopic (exact) mass is 387 g/mol. The average molecular weight is 388 g/mol. The van der Waals surface area contributed by atoms with Crippen molar-refractivity contribution in [2.24, 2.45) is 5.92 Å². The van der Waals surface area contributed by atoms with Crippen molar-refractivity contribution >= 4 is 11.6 Å². The second-order valence-corrected chi connectivity index (χ2v) is 7.03. The highest BCUT2D eigenvalue weighted by Gasteiger charge is 2.24. The van der Waals surface area contributed by atoms with Crippen molar-refractivity contribution in [1.29, 1.82) is 0 Å². The van der Waals surface area contributed by atoms with Crippen LogP contribution < -0.4 is 0 Å². The highest BCUT2D eigenvalue weighted by atomic mass is 16.1. The lowest BCUT2D eigenvalue weighted by Crippen LogP contribution is -2.14. The molecule has 1 atom stereocenters. The summed E-state index contributed by atoms with van der Waals surface area (Å²) < 4.78 is 1.87. The van der Waals surface area contributed by atoms with Gasteiger partial charge in [-0.25, -0.2) is 4.98 Å². The Morgan fingerprint density at radius 2 is 1.57 bits per heavy atom. The Hall–Kier alpha value is -2.30. The van der Waals surface area contributed by atoms with Crippen LogP contribution in [0.4, 0.5) is 0 Å². The highest BCUT2D eigenvalue weighted by Crippen LogP contribution is 2.23. The van der Waals surface area contributed by atoms with E-state index in [1.165, 1.54) is 20.3 Å². The SMILES string of the molecule is CC.CC(=O)c1c(C(C)C(C)=O)nc(C)n1Cc1ccncc1.CCC(C)C. The lowest BCUT2D eigenvalue weighted by atomic mass is 10.0. The van der Waals surface area contributed by atoms with E-state index in [0.29, 0.717) is 17.9 Å². The van der Waals surface area contributed by atoms with E-state index in [9.17, 15) is 9.59 Å². The smallest absolute Gasteiger partial charge is 0.178 e. The highest BCUT2D eigenvalue weighted by molar-refractivity contribution is 5.96. The number of hydrogen-bond donors (Lipinski definition) is 0. The average Bonchev–Trinajstić information content (AvgIpc) is 3.00. The van der Waals surface area contributed by atoms with Crippen LogP contribution in [-0.4, -0.2) is 26.1 Å². The van der Waals surface area contributed by atoms with E-state index < -0.39 is 0 Å². The number of aryl methyl sites for hydroxylation is 1. The molecule has 0 fully saturated rings. The second-order valence-electron chi connectivity index (χ2n) is 7.03. The lowest BCUT2D eigenvalue weighted by Gasteiger charge is -2.11. The van der Waals surface area contributed by atoms with Crippen LogP contribution in [0.2, 0.25) is 0 Å². The van der Waals surface area contributed by atoms with Gasteiger partial charge in [-0.15, -0.1) is 0 Å². The molecule has 0 aromatic carbocycles. The summed E-state index contributed by atoms with van der Waals surface area (Å²) >= 11 is 0. The van der Waals surface area contributed by atoms with E-state index >= 15 is 0 Å². The summed E-state index contributed by atoms with van der Waals surface area (Å²) in [4.78, 5) is 32.1. The molecule has 156 valence electrons. The molecule has 0 saturated carbocycles. The summed E-state index contributed by atoms with van der Waals surface area (Å²) in [5, 5.41) is 0. The molecule has 5 heteroatoms. The Morgan fingerprint density at radius 1 is 1.07 bits per heavy atom. The van der Waals surface area contributed by atoms with Crippen molar-refractivity contribution in [2.45, 2.75) is 81.2 Å². The summed E-state index contributed by atoms with van der Waals surface area (Å²) in [5.41, 5.74) is 2.13. The Balaban J connectivity index is 0.000000906. The molecule has 2 rings (SSSR count). The number of Topliss-reactive ketones (excluding diaryl/α,β-unsaturated/α-hetero) is 2. The molecular formula is C23H37N3O2. The minimum atomic E-state index is -0.374. The zero-order valence-corrected chi connectivity index (χ0v) is 19.0. The summed E-state index contributed by atoms with van der Waals surface area (Å²) in [5.74, 6) is 1.18. The van der Waals surface area contributed by atoms with E-state index in [1.807, 2.05) is 37.5 Å². The van der Waals surface area contributed by atoms with E-state index in [1.54, 1.807) is 19.3 Å². The topological polar surface area (TPSA) is 64.8 Å². The Kier molecular flexibility index (Phi) is 11.9. The molecule has 2 aromatic rings. The van der Waals surface area contributed by atoms with Gasteiger partial charge < -0.3 is 4.57 Å². The predicted octanol–water partition coefficient (Wildman–Crippen LogP) is 5.61. The molecule has 0 amide bonds. The molecule has 0 spiro atoms. The number of pyridine rings is 1. The number of nitrogens with zero attached hydrogens (tertiary/aromatic N) is 3. The number of ketones is 2. The molecule has 2 heterocycles. The Bertz CT molecular complexity index is 734. The summed E-state index contributed by atoms with van der Waals surface area (Å²) in [6.45, 7) is 17.9. The molecule has 1 unspecified atom stereocenters. The number of imidazole rings is 1. The Labute approximate surface area is 170 Å². The van der Waals surface area contributed by atoms with Gasteiger partial charge in [-0.05, 0) is 44.4 Å². The van der Waals surface area contributed by atoms with Crippen molar-refractivity contribution in [2.75, 3.05) is 0 Å². The minimum absolute atomic E-state index is 0.00561. The fourth-order valence-corrected chi connectivity index (χ4v) is 2.32. The lowest BCUT2D eigenvalue weighted by molar-refractivity contribution is -0.118. The summed E-state index contributed by atoms with van der Waals surface area (Å²) in [7, 11) is 0. The van der Waals surface area contributed by atoms with Crippen LogP contribution in [0.25, 0.3) is 0 Å². The largest absolute Gasteiger partial charge is 0.321 e. The molecule has 0 aliphatic rings. The van der Waals surface area contributed by atoms with Crippen LogP contribution in [0, 0.1) is 12.8 Å². The molecule has 0 radical (unpaired) electrons. The predicted molar refractivity (Wildman–Crippen MR) is 116 cm³/mol. The normalized spacial score (nSPS) is 11.1. The van der Waals surface area contributed by atoms with Gasteiger partial charge >= 0.3 is 0 Å². The number of aromatic nitrogens is 3. The van der Waals surface area contributed by atoms with Gasteiger partial charge in [0.2, 0.25) is 0 Å². The third-order valence-electron chi connectivity index (χ3n) is 4.45. The zero-order chi connectivity index (χ0) is 21.9. The molecule has 0 saturated heterocycles. The van der Waals surface area contributed by atoms with Gasteiger partial charge in [-0.3, -0.25) is 14.6 Å². The van der Waals surface area contributed by atoms with Gasteiger partial charge in [0.1, 0.15) is 17.3 Å². The van der Waals surface area contributed by atoms with Crippen LogP contribution in [0.1, 0.15) is 95.3 Å². The molecule has 0 aliphatic heterocycles. The van der Waals surface area contributed by atoms with E-state index in [2.05, 4.69) is 30.7 Å². The van der Waals surface area contributed by atoms with Crippen LogP contribution in [0.15, 0.2) is 24.5 Å². The fourth-order valence-electron chi connectivity index (χ4n) is 2.32. The number of hydrogen-bond acceptors (Lipinski definition) is 4. The first kappa shape index (κ1) is 25.7. The Morgan fingerprint density at radius 3 is 1.96 bits per heavy atom. The van der Waals surface area contributed by atoms with Crippen molar-refractivity contribution in [3.05, 3.63) is 47.3 Å². The number of rotatable bonds is 6. The van der Waals surface area contributed by atoms with Gasteiger partial charge in [-0.2, -0.15) is 0 Å². The maximum Gasteiger partial charge on any atom is 0.178 e. The quantitative estimate of drug-likeness (QED) is 0.604. The van der Waals surface area contributed by atoms with Crippen molar-refractivity contribution < 1.29 is 9.59 Å². The molecule has 0 N–H and O–H groups in total. The van der Waals surface area contributed by atoms with Gasteiger partial charge in [0, 0.05) is 25.9 Å². The van der Waals surface area contributed by atoms with E-state index in [0.717, 1.165) is 17.3 Å². The maximum absolute atomic E-state index is 12.0. The van der Waals surface area contributed by atoms with Gasteiger partial charge in [0.05, 0.1) is 11.6 Å². The molecule has 0 aliphatic carbocycles. The molecule has 5 nitrogen and oxygen atoms in total. The second kappa shape index (κ2) is 13.0. The van der Waals surface area contributed by atoms with Gasteiger partial charge in [0.25, 0.3) is 0 Å². The standard InChI is InChI=1S/C16H19N3O2.C5H12.C2H6/c1-10(11(2)20)15-16(12(3)21)19(13(4)18-15)9-14-5-7-17-8-6-14;1-4-5(2)3;1-2/h5-8,10H,9H2,1-4H3;5H,4H2,1-3H3;1-2H3. The third kappa shape index (κ3) is 7.75. The molecular weight excluding hydrogens is 350 g/mol. The summed E-state index contributed by atoms with van der Waals surface area (Å²) in [6.07, 6.45) is 4.74. The van der Waals surface area contributed by atoms with Crippen molar-refractivity contribution in [1.82, 2.24) is 14.5 Å². The third-order valence-corrected chi connectivity index (χ3v) is 4.45. The van der Waals surface area contributed by atoms with Crippen molar-refractivity contribution in [3.8, 4) is 0 Å². The van der Waals surface area contributed by atoms with Gasteiger partial charge in [-0.1, -0.05) is 41.0 Å². The van der Waals surface area contributed by atoms with Crippen LogP contribution in [-0.2, 0) is 11.3 Å². The van der Waals surface area contributed by atoms with Crippen molar-refractivity contribution in [3.63, 3.8) is 0 Å². The first-order valence-electron chi connectivity index (χ1n) is 10.2. The first-order valence-corrected chi connectivity index (χ1v) is 10.2. The van der Waals surface area contributed by atoms with Crippen LogP contribution in [0.5, 0.6) is 0 Å². The number of carbonyl (C=O) groups is 2. The maximum atomic E-state index is 12.0. The van der Waals surface area contributed by atoms with Gasteiger partial charge in [0.15, 0.2) is 5.78 Å². The fraction of sp³-hybridized carbons (Fsp3) is 0.565. The van der Waals surface area contributed by atoms with Crippen LogP contribution in [0.3, 0.4) is 0 Å². The first-order chi connectivity index (χ1) is 13.2. The van der Waals surface area contributed by atoms with E-state index in [4.69, 9.17) is 0 Å².